The van der Waals surface area contributed by atoms with Gasteiger partial charge in [-0.25, -0.2) is 4.98 Å². The molecular weight excluding hydrogens is 264 g/mol. The number of hydrogen-bond acceptors (Lipinski definition) is 4. The summed E-state index contributed by atoms with van der Waals surface area (Å²) < 4.78 is 4.90. The van der Waals surface area contributed by atoms with Crippen LogP contribution in [0, 0.1) is 0 Å². The van der Waals surface area contributed by atoms with E-state index in [1.165, 1.54) is 13.3 Å². The van der Waals surface area contributed by atoms with Crippen LogP contribution in [0.2, 0.25) is 5.15 Å². The van der Waals surface area contributed by atoms with Crippen LogP contribution in [0.5, 0.6) is 0 Å². The van der Waals surface area contributed by atoms with E-state index in [1.807, 2.05) is 30.3 Å². The molecule has 100 valence electrons. The monoisotopic (exact) mass is 278 g/mol. The third-order valence-electron chi connectivity index (χ3n) is 2.72. The Morgan fingerprint density at radius 3 is 2.79 bits per heavy atom. The maximum Gasteiger partial charge on any atom is 0.184 e. The number of nitrogens with zero attached hydrogens (tertiary/aromatic N) is 1. The van der Waals surface area contributed by atoms with Crippen LogP contribution in [0.25, 0.3) is 0 Å². The van der Waals surface area contributed by atoms with Gasteiger partial charge < -0.3 is 15.2 Å². The molecule has 2 aromatic rings. The predicted molar refractivity (Wildman–Crippen MR) is 75.0 cm³/mol. The van der Waals surface area contributed by atoms with E-state index in [2.05, 4.69) is 10.3 Å². The molecule has 0 saturated carbocycles. The van der Waals surface area contributed by atoms with Gasteiger partial charge in [0.25, 0.3) is 0 Å². The number of aromatic nitrogens is 1. The van der Waals surface area contributed by atoms with Gasteiger partial charge in [-0.15, -0.1) is 0 Å². The van der Waals surface area contributed by atoms with Crippen molar-refractivity contribution in [2.24, 2.45) is 0 Å². The lowest BCUT2D eigenvalue weighted by molar-refractivity contribution is -0.0766. The van der Waals surface area contributed by atoms with Gasteiger partial charge in [0.2, 0.25) is 0 Å². The average Bonchev–Trinajstić information content (AvgIpc) is 2.45. The zero-order valence-corrected chi connectivity index (χ0v) is 11.3. The Balaban J connectivity index is 2.16. The quantitative estimate of drug-likeness (QED) is 0.652. The fraction of sp³-hybridized carbons (Fsp3) is 0.214. The lowest BCUT2D eigenvalue weighted by Gasteiger charge is -2.15. The van der Waals surface area contributed by atoms with Crippen LogP contribution >= 0.6 is 11.6 Å². The van der Waals surface area contributed by atoms with Crippen molar-refractivity contribution in [1.29, 1.82) is 0 Å². The van der Waals surface area contributed by atoms with Crippen molar-refractivity contribution < 1.29 is 9.84 Å². The van der Waals surface area contributed by atoms with Gasteiger partial charge in [0.1, 0.15) is 5.15 Å². The first-order valence-corrected chi connectivity index (χ1v) is 6.22. The van der Waals surface area contributed by atoms with Gasteiger partial charge in [-0.1, -0.05) is 41.9 Å². The number of nitrogens with one attached hydrogen (secondary N) is 1. The Morgan fingerprint density at radius 2 is 2.11 bits per heavy atom. The molecule has 2 rings (SSSR count). The molecule has 19 heavy (non-hydrogen) atoms. The molecule has 0 radical (unpaired) electrons. The molecule has 1 aromatic heterocycles. The van der Waals surface area contributed by atoms with Crippen LogP contribution in [0.3, 0.4) is 0 Å². The second-order valence-corrected chi connectivity index (χ2v) is 4.41. The van der Waals surface area contributed by atoms with E-state index in [0.29, 0.717) is 22.9 Å². The van der Waals surface area contributed by atoms with E-state index in [1.54, 1.807) is 6.07 Å². The summed E-state index contributed by atoms with van der Waals surface area (Å²) in [7, 11) is 1.43. The van der Waals surface area contributed by atoms with E-state index in [0.717, 1.165) is 5.56 Å². The average molecular weight is 279 g/mol. The molecule has 0 spiro atoms. The fourth-order valence-corrected chi connectivity index (χ4v) is 1.87. The number of aliphatic hydroxyl groups excluding tert-OH is 1. The molecule has 1 atom stereocenters. The summed E-state index contributed by atoms with van der Waals surface area (Å²) in [6.07, 6.45) is 0.479. The first-order chi connectivity index (χ1) is 9.20. The van der Waals surface area contributed by atoms with Crippen molar-refractivity contribution >= 4 is 17.3 Å². The van der Waals surface area contributed by atoms with Gasteiger partial charge in [-0.2, -0.15) is 0 Å². The first-order valence-electron chi connectivity index (χ1n) is 5.85. The summed E-state index contributed by atoms with van der Waals surface area (Å²) in [4.78, 5) is 3.95. The highest BCUT2D eigenvalue weighted by Crippen LogP contribution is 2.25. The zero-order valence-electron chi connectivity index (χ0n) is 10.5. The molecule has 0 bridgehead atoms. The molecular formula is C14H15ClN2O2. The van der Waals surface area contributed by atoms with Crippen LogP contribution in [0.15, 0.2) is 42.6 Å². The Kier molecular flexibility index (Phi) is 4.74. The highest BCUT2D eigenvalue weighted by atomic mass is 35.5. The van der Waals surface area contributed by atoms with Crippen LogP contribution in [0.1, 0.15) is 17.4 Å². The summed E-state index contributed by atoms with van der Waals surface area (Å²) in [6.45, 7) is 0.630. The minimum atomic E-state index is -1.02. The second-order valence-electron chi connectivity index (χ2n) is 4.02. The third-order valence-corrected chi connectivity index (χ3v) is 2.92. The van der Waals surface area contributed by atoms with Crippen molar-refractivity contribution in [2.75, 3.05) is 12.4 Å². The van der Waals surface area contributed by atoms with Crippen molar-refractivity contribution in [1.82, 2.24) is 4.98 Å². The summed E-state index contributed by atoms with van der Waals surface area (Å²) in [5.74, 6) is 0. The lowest BCUT2D eigenvalue weighted by Crippen LogP contribution is -2.07. The van der Waals surface area contributed by atoms with E-state index >= 15 is 0 Å². The minimum absolute atomic E-state index is 0.364. The fourth-order valence-electron chi connectivity index (χ4n) is 1.71. The molecule has 0 amide bonds. The van der Waals surface area contributed by atoms with Gasteiger partial charge in [-0.3, -0.25) is 0 Å². The summed E-state index contributed by atoms with van der Waals surface area (Å²) in [5, 5.41) is 13.3. The smallest absolute Gasteiger partial charge is 0.184 e. The Hall–Kier alpha value is -1.62. The lowest BCUT2D eigenvalue weighted by atomic mass is 10.2. The number of pyridine rings is 1. The van der Waals surface area contributed by atoms with Crippen LogP contribution in [0.4, 0.5) is 5.69 Å². The molecule has 2 N–H and O–H groups in total. The molecule has 0 saturated heterocycles. The van der Waals surface area contributed by atoms with Crippen molar-refractivity contribution in [3.8, 4) is 0 Å². The Bertz CT molecular complexity index is 534. The summed E-state index contributed by atoms with van der Waals surface area (Å²) in [5.41, 5.74) is 2.40. The number of methoxy groups -OCH3 is 1. The van der Waals surface area contributed by atoms with Gasteiger partial charge in [0, 0.05) is 31.1 Å². The molecule has 0 aliphatic carbocycles. The van der Waals surface area contributed by atoms with Gasteiger partial charge in [0.05, 0.1) is 0 Å². The predicted octanol–water partition coefficient (Wildman–Crippen LogP) is 2.98. The Labute approximate surface area is 117 Å². The van der Waals surface area contributed by atoms with Crippen LogP contribution < -0.4 is 5.32 Å². The Morgan fingerprint density at radius 1 is 1.37 bits per heavy atom. The normalized spacial score (nSPS) is 12.2. The molecule has 1 aromatic carbocycles. The number of hydrogen-bond donors (Lipinski definition) is 2. The van der Waals surface area contributed by atoms with E-state index < -0.39 is 6.29 Å². The highest BCUT2D eigenvalue weighted by Gasteiger charge is 2.12. The SMILES string of the molecule is COC(O)c1cnc(Cl)cc1NCc1ccccc1. The molecule has 4 nitrogen and oxygen atoms in total. The van der Waals surface area contributed by atoms with E-state index in [-0.39, 0.29) is 0 Å². The number of rotatable bonds is 5. The topological polar surface area (TPSA) is 54.4 Å². The first kappa shape index (κ1) is 13.8. The molecule has 0 aliphatic rings. The van der Waals surface area contributed by atoms with E-state index in [9.17, 15) is 5.11 Å². The molecule has 1 heterocycles. The summed E-state index contributed by atoms with van der Waals surface area (Å²) >= 11 is 5.87. The standard InChI is InChI=1S/C14H15ClN2O2/c1-19-14(18)11-9-17-13(15)7-12(11)16-8-10-5-3-2-4-6-10/h2-7,9,14,18H,8H2,1H3,(H,16,17). The molecule has 0 fully saturated rings. The van der Waals surface area contributed by atoms with E-state index in [4.69, 9.17) is 16.3 Å². The number of halogens is 1. The van der Waals surface area contributed by atoms with Gasteiger partial charge in [-0.05, 0) is 11.6 Å². The van der Waals surface area contributed by atoms with Gasteiger partial charge >= 0.3 is 0 Å². The van der Waals surface area contributed by atoms with Crippen molar-refractivity contribution in [3.63, 3.8) is 0 Å². The molecule has 0 aliphatic heterocycles. The minimum Gasteiger partial charge on any atom is -0.380 e. The van der Waals surface area contributed by atoms with Gasteiger partial charge in [0.15, 0.2) is 6.29 Å². The maximum absolute atomic E-state index is 9.75. The number of anilines is 1. The maximum atomic E-state index is 9.75. The molecule has 5 heteroatoms. The number of benzene rings is 1. The zero-order chi connectivity index (χ0) is 13.7. The molecule has 1 unspecified atom stereocenters. The number of aliphatic hydroxyl groups is 1. The van der Waals surface area contributed by atoms with Crippen LogP contribution in [-0.4, -0.2) is 17.2 Å². The number of ether oxygens (including phenoxy) is 1. The largest absolute Gasteiger partial charge is 0.380 e. The van der Waals surface area contributed by atoms with Crippen LogP contribution in [-0.2, 0) is 11.3 Å². The van der Waals surface area contributed by atoms with Crippen molar-refractivity contribution in [2.45, 2.75) is 12.8 Å². The second kappa shape index (κ2) is 6.52. The highest BCUT2D eigenvalue weighted by molar-refractivity contribution is 6.29. The third kappa shape index (κ3) is 3.67. The summed E-state index contributed by atoms with van der Waals surface area (Å²) in [6, 6.07) is 11.6. The van der Waals surface area contributed by atoms with Crippen molar-refractivity contribution in [3.05, 3.63) is 58.9 Å².